The number of Topliss-reactive ketones (excluding diaryl/α,β-unsaturated/α-hetero) is 1. The van der Waals surface area contributed by atoms with Crippen LogP contribution >= 0.6 is 0 Å². The Hall–Kier alpha value is -2.10. The number of ether oxygens (including phenoxy) is 1. The molecule has 4 nitrogen and oxygen atoms in total. The highest BCUT2D eigenvalue weighted by atomic mass is 16.5. The predicted octanol–water partition coefficient (Wildman–Crippen LogP) is 2.25. The van der Waals surface area contributed by atoms with Crippen molar-refractivity contribution in [2.75, 3.05) is 6.61 Å². The normalized spacial score (nSPS) is 10.6. The first-order valence-electron chi connectivity index (χ1n) is 5.89. The van der Waals surface area contributed by atoms with Crippen molar-refractivity contribution in [3.05, 3.63) is 41.7 Å². The molecule has 0 aromatic carbocycles. The number of ketones is 1. The van der Waals surface area contributed by atoms with Crippen LogP contribution in [0.2, 0.25) is 0 Å². The van der Waals surface area contributed by atoms with Crippen LogP contribution in [0.3, 0.4) is 0 Å². The minimum Gasteiger partial charge on any atom is -0.466 e. The molecule has 0 amide bonds. The Morgan fingerprint density at radius 3 is 2.78 bits per heavy atom. The number of hydrogen-bond acceptors (Lipinski definition) is 3. The molecule has 2 aromatic heterocycles. The number of esters is 1. The van der Waals surface area contributed by atoms with Crippen LogP contribution in [0.25, 0.3) is 5.52 Å². The molecule has 0 unspecified atom stereocenters. The summed E-state index contributed by atoms with van der Waals surface area (Å²) in [7, 11) is 0. The van der Waals surface area contributed by atoms with E-state index in [9.17, 15) is 9.59 Å². The molecule has 0 saturated carbocycles. The van der Waals surface area contributed by atoms with Crippen molar-refractivity contribution in [1.29, 1.82) is 0 Å². The molecule has 0 aliphatic rings. The van der Waals surface area contributed by atoms with E-state index in [2.05, 4.69) is 0 Å². The molecule has 4 heteroatoms. The van der Waals surface area contributed by atoms with E-state index in [4.69, 9.17) is 4.74 Å². The van der Waals surface area contributed by atoms with E-state index in [-0.39, 0.29) is 18.2 Å². The molecule has 0 atom stereocenters. The quantitative estimate of drug-likeness (QED) is 0.613. The van der Waals surface area contributed by atoms with Crippen LogP contribution in [0.5, 0.6) is 0 Å². The van der Waals surface area contributed by atoms with Gasteiger partial charge in [0, 0.05) is 17.5 Å². The van der Waals surface area contributed by atoms with Crippen LogP contribution in [0.1, 0.15) is 29.9 Å². The van der Waals surface area contributed by atoms with Crippen LogP contribution < -0.4 is 0 Å². The van der Waals surface area contributed by atoms with E-state index in [0.717, 1.165) is 11.2 Å². The Labute approximate surface area is 105 Å². The number of pyridine rings is 1. The lowest BCUT2D eigenvalue weighted by molar-refractivity contribution is -0.142. The highest BCUT2D eigenvalue weighted by Gasteiger charge is 2.14. The summed E-state index contributed by atoms with van der Waals surface area (Å²) in [4.78, 5) is 23.1. The van der Waals surface area contributed by atoms with E-state index >= 15 is 0 Å². The van der Waals surface area contributed by atoms with E-state index < -0.39 is 0 Å². The fraction of sp³-hybridized carbons (Fsp3) is 0.286. The van der Waals surface area contributed by atoms with E-state index in [1.165, 1.54) is 6.92 Å². The average molecular weight is 245 g/mol. The molecule has 0 bridgehead atoms. The van der Waals surface area contributed by atoms with Gasteiger partial charge in [-0.15, -0.1) is 0 Å². The van der Waals surface area contributed by atoms with Gasteiger partial charge in [-0.25, -0.2) is 0 Å². The van der Waals surface area contributed by atoms with Gasteiger partial charge < -0.3 is 9.14 Å². The summed E-state index contributed by atoms with van der Waals surface area (Å²) in [5.74, 6) is -0.287. The summed E-state index contributed by atoms with van der Waals surface area (Å²) >= 11 is 0. The van der Waals surface area contributed by atoms with Crippen molar-refractivity contribution in [3.8, 4) is 0 Å². The predicted molar refractivity (Wildman–Crippen MR) is 67.7 cm³/mol. The third-order valence-electron chi connectivity index (χ3n) is 2.77. The number of carbonyl (C=O) groups is 2. The summed E-state index contributed by atoms with van der Waals surface area (Å²) in [5.41, 5.74) is 2.23. The first-order chi connectivity index (χ1) is 8.63. The third-order valence-corrected chi connectivity index (χ3v) is 2.77. The van der Waals surface area contributed by atoms with E-state index in [1.54, 1.807) is 13.0 Å². The number of nitrogens with zero attached hydrogens (tertiary/aromatic N) is 1. The standard InChI is InChI=1S/C14H15NO3/c1-3-18-14(17)9-11-8-12(10(2)16)13-6-4-5-7-15(11)13/h4-8H,3,9H2,1-2H3. The number of carbonyl (C=O) groups excluding carboxylic acids is 2. The van der Waals surface area contributed by atoms with Crippen LogP contribution in [0, 0.1) is 0 Å². The number of hydrogen-bond donors (Lipinski definition) is 0. The molecule has 18 heavy (non-hydrogen) atoms. The Kier molecular flexibility index (Phi) is 3.46. The average Bonchev–Trinajstić information content (AvgIpc) is 2.69. The zero-order valence-electron chi connectivity index (χ0n) is 10.5. The molecule has 0 saturated heterocycles. The largest absolute Gasteiger partial charge is 0.466 e. The minimum absolute atomic E-state index is 0.00573. The van der Waals surface area contributed by atoms with Gasteiger partial charge in [-0.2, -0.15) is 0 Å². The lowest BCUT2D eigenvalue weighted by Gasteiger charge is -2.02. The second-order valence-corrected chi connectivity index (χ2v) is 4.04. The van der Waals surface area contributed by atoms with Gasteiger partial charge >= 0.3 is 5.97 Å². The fourth-order valence-corrected chi connectivity index (χ4v) is 2.00. The first-order valence-corrected chi connectivity index (χ1v) is 5.89. The minimum atomic E-state index is -0.282. The summed E-state index contributed by atoms with van der Waals surface area (Å²) in [6.07, 6.45) is 2.02. The molecule has 0 radical (unpaired) electrons. The van der Waals surface area contributed by atoms with Crippen LogP contribution in [0.15, 0.2) is 30.5 Å². The van der Waals surface area contributed by atoms with E-state index in [1.807, 2.05) is 28.8 Å². The third kappa shape index (κ3) is 2.27. The highest BCUT2D eigenvalue weighted by Crippen LogP contribution is 2.18. The van der Waals surface area contributed by atoms with E-state index in [0.29, 0.717) is 12.2 Å². The zero-order chi connectivity index (χ0) is 13.1. The molecule has 0 aliphatic heterocycles. The number of aromatic nitrogens is 1. The summed E-state index contributed by atoms with van der Waals surface area (Å²) in [6.45, 7) is 3.66. The second kappa shape index (κ2) is 5.04. The number of fused-ring (bicyclic) bond motifs is 1. The topological polar surface area (TPSA) is 47.8 Å². The molecular formula is C14H15NO3. The van der Waals surface area contributed by atoms with Gasteiger partial charge in [0.25, 0.3) is 0 Å². The first kappa shape index (κ1) is 12.4. The summed E-state index contributed by atoms with van der Waals surface area (Å²) in [6, 6.07) is 7.36. The molecule has 2 rings (SSSR count). The second-order valence-electron chi connectivity index (χ2n) is 4.04. The van der Waals surface area contributed by atoms with Gasteiger partial charge in [0.05, 0.1) is 18.5 Å². The van der Waals surface area contributed by atoms with Crippen molar-refractivity contribution in [1.82, 2.24) is 4.40 Å². The van der Waals surface area contributed by atoms with Crippen LogP contribution in [-0.4, -0.2) is 22.8 Å². The number of rotatable bonds is 4. The van der Waals surface area contributed by atoms with Gasteiger partial charge in [-0.3, -0.25) is 9.59 Å². The summed E-state index contributed by atoms with van der Waals surface area (Å²) in [5, 5.41) is 0. The van der Waals surface area contributed by atoms with Crippen molar-refractivity contribution < 1.29 is 14.3 Å². The van der Waals surface area contributed by atoms with Crippen molar-refractivity contribution in [2.45, 2.75) is 20.3 Å². The maximum absolute atomic E-state index is 11.6. The van der Waals surface area contributed by atoms with Gasteiger partial charge in [0.1, 0.15) is 0 Å². The molecule has 0 N–H and O–H groups in total. The Morgan fingerprint density at radius 1 is 1.33 bits per heavy atom. The Morgan fingerprint density at radius 2 is 2.11 bits per heavy atom. The maximum atomic E-state index is 11.6. The van der Waals surface area contributed by atoms with Crippen molar-refractivity contribution in [3.63, 3.8) is 0 Å². The van der Waals surface area contributed by atoms with Crippen LogP contribution in [0.4, 0.5) is 0 Å². The molecule has 0 aliphatic carbocycles. The van der Waals surface area contributed by atoms with Gasteiger partial charge in [0.15, 0.2) is 5.78 Å². The highest BCUT2D eigenvalue weighted by molar-refractivity contribution is 6.01. The van der Waals surface area contributed by atoms with Gasteiger partial charge in [-0.05, 0) is 32.0 Å². The molecule has 2 aromatic rings. The molecule has 0 spiro atoms. The maximum Gasteiger partial charge on any atom is 0.311 e. The smallest absolute Gasteiger partial charge is 0.311 e. The van der Waals surface area contributed by atoms with Crippen molar-refractivity contribution >= 4 is 17.3 Å². The lowest BCUT2D eigenvalue weighted by Crippen LogP contribution is -2.08. The monoisotopic (exact) mass is 245 g/mol. The zero-order valence-corrected chi connectivity index (χ0v) is 10.5. The Bertz CT molecular complexity index is 598. The molecule has 2 heterocycles. The summed E-state index contributed by atoms with van der Waals surface area (Å²) < 4.78 is 6.78. The van der Waals surface area contributed by atoms with Crippen molar-refractivity contribution in [2.24, 2.45) is 0 Å². The molecular weight excluding hydrogens is 230 g/mol. The van der Waals surface area contributed by atoms with Gasteiger partial charge in [-0.1, -0.05) is 6.07 Å². The fourth-order valence-electron chi connectivity index (χ4n) is 2.00. The SMILES string of the molecule is CCOC(=O)Cc1cc(C(C)=O)c2ccccn12. The lowest BCUT2D eigenvalue weighted by atomic mass is 10.2. The van der Waals surface area contributed by atoms with Gasteiger partial charge in [0.2, 0.25) is 0 Å². The molecule has 0 fully saturated rings. The molecule has 94 valence electrons. The Balaban J connectivity index is 2.45. The van der Waals surface area contributed by atoms with Crippen LogP contribution in [-0.2, 0) is 16.0 Å².